The van der Waals surface area contributed by atoms with Gasteiger partial charge in [-0.2, -0.15) is 0 Å². The molecule has 1 fully saturated rings. The fourth-order valence-corrected chi connectivity index (χ4v) is 3.52. The maximum absolute atomic E-state index is 12.8. The van der Waals surface area contributed by atoms with Crippen LogP contribution in [0.5, 0.6) is 0 Å². The Kier molecular flexibility index (Phi) is 5.78. The molecule has 4 heteroatoms. The van der Waals surface area contributed by atoms with Crippen molar-refractivity contribution in [1.29, 1.82) is 0 Å². The number of rotatable bonds is 5. The van der Waals surface area contributed by atoms with Gasteiger partial charge >= 0.3 is 0 Å². The molecule has 0 aromatic heterocycles. The molecule has 0 unspecified atom stereocenters. The second-order valence-corrected chi connectivity index (χ2v) is 6.42. The van der Waals surface area contributed by atoms with Crippen molar-refractivity contribution in [1.82, 2.24) is 4.90 Å². The summed E-state index contributed by atoms with van der Waals surface area (Å²) in [7, 11) is 1.92. The van der Waals surface area contributed by atoms with Crippen molar-refractivity contribution >= 4 is 23.1 Å². The monoisotopic (exact) mass is 284 g/mol. The highest BCUT2D eigenvalue weighted by atomic mass is 32.1. The third-order valence-corrected chi connectivity index (χ3v) is 5.33. The first-order valence-corrected chi connectivity index (χ1v) is 7.87. The van der Waals surface area contributed by atoms with Crippen LogP contribution < -0.4 is 5.73 Å². The molecule has 1 amide bonds. The maximum Gasteiger partial charge on any atom is 0.235 e. The van der Waals surface area contributed by atoms with Crippen LogP contribution in [-0.4, -0.2) is 28.9 Å². The lowest BCUT2D eigenvalue weighted by molar-refractivity contribution is -0.140. The fraction of sp³-hybridized carbons (Fsp3) is 0.867. The molecule has 1 saturated carbocycles. The third-order valence-electron chi connectivity index (χ3n) is 4.94. The van der Waals surface area contributed by atoms with Gasteiger partial charge in [0.25, 0.3) is 0 Å². The average Bonchev–Trinajstić information content (AvgIpc) is 2.40. The van der Waals surface area contributed by atoms with Crippen LogP contribution in [0.3, 0.4) is 0 Å². The second kappa shape index (κ2) is 6.69. The smallest absolute Gasteiger partial charge is 0.235 e. The van der Waals surface area contributed by atoms with Gasteiger partial charge in [0, 0.05) is 13.1 Å². The standard InChI is InChI=1S/C15H28N2OS/c1-5-15(6-2,13(16)19)14(18)17(4)12-9-7-11(3)8-10-12/h11-12H,5-10H2,1-4H3,(H2,16,19). The highest BCUT2D eigenvalue weighted by Crippen LogP contribution is 2.33. The SMILES string of the molecule is CCC(CC)(C(=O)N(C)C1CCC(C)CC1)C(N)=S. The van der Waals surface area contributed by atoms with Crippen molar-refractivity contribution in [3.05, 3.63) is 0 Å². The van der Waals surface area contributed by atoms with Gasteiger partial charge in [-0.25, -0.2) is 0 Å². The van der Waals surface area contributed by atoms with Gasteiger partial charge in [-0.1, -0.05) is 33.0 Å². The molecule has 0 atom stereocenters. The van der Waals surface area contributed by atoms with E-state index < -0.39 is 5.41 Å². The molecule has 0 aromatic carbocycles. The first kappa shape index (κ1) is 16.4. The first-order valence-electron chi connectivity index (χ1n) is 7.46. The lowest BCUT2D eigenvalue weighted by atomic mass is 9.79. The highest BCUT2D eigenvalue weighted by Gasteiger charge is 2.41. The average molecular weight is 284 g/mol. The molecule has 1 aliphatic carbocycles. The van der Waals surface area contributed by atoms with E-state index >= 15 is 0 Å². The summed E-state index contributed by atoms with van der Waals surface area (Å²) in [6, 6.07) is 0.357. The Bertz CT molecular complexity index is 331. The number of carbonyl (C=O) groups is 1. The summed E-state index contributed by atoms with van der Waals surface area (Å²) < 4.78 is 0. The van der Waals surface area contributed by atoms with Gasteiger partial charge in [0.05, 0.1) is 10.4 Å². The quantitative estimate of drug-likeness (QED) is 0.789. The molecule has 0 heterocycles. The van der Waals surface area contributed by atoms with Crippen LogP contribution in [0.2, 0.25) is 0 Å². The van der Waals surface area contributed by atoms with E-state index in [0.29, 0.717) is 23.9 Å². The molecule has 1 aliphatic rings. The van der Waals surface area contributed by atoms with Crippen molar-refractivity contribution in [2.24, 2.45) is 17.1 Å². The topological polar surface area (TPSA) is 46.3 Å². The Labute approximate surface area is 122 Å². The molecule has 3 nitrogen and oxygen atoms in total. The highest BCUT2D eigenvalue weighted by molar-refractivity contribution is 7.80. The van der Waals surface area contributed by atoms with Crippen molar-refractivity contribution in [2.45, 2.75) is 65.3 Å². The summed E-state index contributed by atoms with van der Waals surface area (Å²) in [6.45, 7) is 6.28. The summed E-state index contributed by atoms with van der Waals surface area (Å²) >= 11 is 5.17. The molecular weight excluding hydrogens is 256 g/mol. The number of thiocarbonyl (C=S) groups is 1. The number of carbonyl (C=O) groups excluding carboxylic acids is 1. The summed E-state index contributed by atoms with van der Waals surface area (Å²) in [4.78, 5) is 15.1. The van der Waals surface area contributed by atoms with Crippen LogP contribution in [0.1, 0.15) is 59.3 Å². The van der Waals surface area contributed by atoms with E-state index in [2.05, 4.69) is 6.92 Å². The van der Waals surface area contributed by atoms with Gasteiger partial charge in [-0.05, 0) is 44.4 Å². The number of hydrogen-bond donors (Lipinski definition) is 1. The molecule has 0 radical (unpaired) electrons. The number of hydrogen-bond acceptors (Lipinski definition) is 2. The van der Waals surface area contributed by atoms with Crippen molar-refractivity contribution in [2.75, 3.05) is 7.05 Å². The van der Waals surface area contributed by atoms with E-state index in [1.807, 2.05) is 25.8 Å². The predicted molar refractivity (Wildman–Crippen MR) is 84.0 cm³/mol. The fourth-order valence-electron chi connectivity index (χ4n) is 3.14. The van der Waals surface area contributed by atoms with Gasteiger partial charge in [0.1, 0.15) is 0 Å². The molecule has 19 heavy (non-hydrogen) atoms. The molecule has 110 valence electrons. The van der Waals surface area contributed by atoms with Crippen LogP contribution in [-0.2, 0) is 4.79 Å². The minimum absolute atomic E-state index is 0.115. The minimum Gasteiger partial charge on any atom is -0.392 e. The summed E-state index contributed by atoms with van der Waals surface area (Å²) in [5.74, 6) is 0.905. The van der Waals surface area contributed by atoms with Gasteiger partial charge in [0.2, 0.25) is 5.91 Å². The first-order chi connectivity index (χ1) is 8.89. The number of amides is 1. The lowest BCUT2D eigenvalue weighted by Crippen LogP contribution is -2.52. The zero-order chi connectivity index (χ0) is 14.6. The zero-order valence-corrected chi connectivity index (χ0v) is 13.6. The molecule has 0 aliphatic heterocycles. The molecule has 0 aromatic rings. The second-order valence-electron chi connectivity index (χ2n) is 5.98. The van der Waals surface area contributed by atoms with E-state index in [9.17, 15) is 4.79 Å². The van der Waals surface area contributed by atoms with Crippen LogP contribution in [0, 0.1) is 11.3 Å². The summed E-state index contributed by atoms with van der Waals surface area (Å²) in [5.41, 5.74) is 5.22. The van der Waals surface area contributed by atoms with E-state index in [1.165, 1.54) is 12.8 Å². The van der Waals surface area contributed by atoms with E-state index in [1.54, 1.807) is 0 Å². The Balaban J connectivity index is 2.82. The number of nitrogens with two attached hydrogens (primary N) is 1. The lowest BCUT2D eigenvalue weighted by Gasteiger charge is -2.39. The van der Waals surface area contributed by atoms with Gasteiger partial charge in [-0.3, -0.25) is 4.79 Å². The van der Waals surface area contributed by atoms with E-state index in [0.717, 1.165) is 18.8 Å². The molecule has 1 rings (SSSR count). The third kappa shape index (κ3) is 3.28. The molecule has 2 N–H and O–H groups in total. The maximum atomic E-state index is 12.8. The Morgan fingerprint density at radius 2 is 1.74 bits per heavy atom. The van der Waals surface area contributed by atoms with E-state index in [4.69, 9.17) is 18.0 Å². The largest absolute Gasteiger partial charge is 0.392 e. The molecular formula is C15H28N2OS. The summed E-state index contributed by atoms with van der Waals surface area (Å²) in [6.07, 6.45) is 5.99. The molecule has 0 spiro atoms. The molecule has 0 bridgehead atoms. The van der Waals surface area contributed by atoms with Crippen molar-refractivity contribution in [3.8, 4) is 0 Å². The van der Waals surface area contributed by atoms with Crippen molar-refractivity contribution in [3.63, 3.8) is 0 Å². The van der Waals surface area contributed by atoms with Gasteiger partial charge in [-0.15, -0.1) is 0 Å². The van der Waals surface area contributed by atoms with Crippen LogP contribution in [0.25, 0.3) is 0 Å². The Morgan fingerprint density at radius 1 is 1.26 bits per heavy atom. The van der Waals surface area contributed by atoms with E-state index in [-0.39, 0.29) is 5.91 Å². The summed E-state index contributed by atoms with van der Waals surface area (Å²) in [5, 5.41) is 0. The van der Waals surface area contributed by atoms with Crippen LogP contribution >= 0.6 is 12.2 Å². The van der Waals surface area contributed by atoms with Crippen molar-refractivity contribution < 1.29 is 4.79 Å². The van der Waals surface area contributed by atoms with Gasteiger partial charge < -0.3 is 10.6 Å². The van der Waals surface area contributed by atoms with Gasteiger partial charge in [0.15, 0.2) is 0 Å². The normalized spacial score (nSPS) is 24.0. The predicted octanol–water partition coefficient (Wildman–Crippen LogP) is 3.12. The zero-order valence-electron chi connectivity index (χ0n) is 12.7. The molecule has 0 saturated heterocycles. The minimum atomic E-state index is -0.646. The Hall–Kier alpha value is -0.640. The van der Waals surface area contributed by atoms with Crippen LogP contribution in [0.15, 0.2) is 0 Å². The Morgan fingerprint density at radius 3 is 2.11 bits per heavy atom. The number of nitrogens with zero attached hydrogens (tertiary/aromatic N) is 1. The van der Waals surface area contributed by atoms with Crippen LogP contribution in [0.4, 0.5) is 0 Å².